The van der Waals surface area contributed by atoms with E-state index in [2.05, 4.69) is 9.72 Å². The van der Waals surface area contributed by atoms with Crippen molar-refractivity contribution < 1.29 is 22.7 Å². The highest BCUT2D eigenvalue weighted by Gasteiger charge is 2.41. The summed E-state index contributed by atoms with van der Waals surface area (Å²) in [7, 11) is 1.11. The van der Waals surface area contributed by atoms with Crippen LogP contribution >= 0.6 is 0 Å². The summed E-state index contributed by atoms with van der Waals surface area (Å²) >= 11 is 0. The van der Waals surface area contributed by atoms with Gasteiger partial charge in [0.25, 0.3) is 0 Å². The van der Waals surface area contributed by atoms with Gasteiger partial charge in [-0.15, -0.1) is 0 Å². The number of halogens is 3. The molecule has 0 aromatic carbocycles. The third-order valence-electron chi connectivity index (χ3n) is 2.80. The highest BCUT2D eigenvalue weighted by molar-refractivity contribution is 5.86. The van der Waals surface area contributed by atoms with Crippen molar-refractivity contribution in [2.75, 3.05) is 7.11 Å². The van der Waals surface area contributed by atoms with E-state index in [1.807, 2.05) is 0 Å². The molecule has 0 spiro atoms. The summed E-state index contributed by atoms with van der Waals surface area (Å²) in [6.07, 6.45) is -3.61. The molecule has 0 N–H and O–H groups in total. The van der Waals surface area contributed by atoms with Crippen molar-refractivity contribution in [1.82, 2.24) is 4.98 Å². The van der Waals surface area contributed by atoms with Gasteiger partial charge in [-0.3, -0.25) is 4.98 Å². The molecule has 0 bridgehead atoms. The predicted molar refractivity (Wildman–Crippen MR) is 58.8 cm³/mol. The van der Waals surface area contributed by atoms with Crippen molar-refractivity contribution in [2.24, 2.45) is 0 Å². The van der Waals surface area contributed by atoms with E-state index in [0.717, 1.165) is 25.4 Å². The molecule has 0 aliphatic heterocycles. The SMILES string of the molecule is CCC(C#N)(C(=O)OC)c1ccc(C(F)(F)F)nc1. The van der Waals surface area contributed by atoms with Gasteiger partial charge in [-0.25, -0.2) is 4.79 Å². The number of alkyl halides is 3. The molecule has 0 fully saturated rings. The fraction of sp³-hybridized carbons (Fsp3) is 0.417. The van der Waals surface area contributed by atoms with Gasteiger partial charge in [0.15, 0.2) is 5.41 Å². The number of aromatic nitrogens is 1. The van der Waals surface area contributed by atoms with E-state index in [-0.39, 0.29) is 12.0 Å². The Bertz CT molecular complexity index is 505. The van der Waals surface area contributed by atoms with Gasteiger partial charge in [0.05, 0.1) is 13.2 Å². The average molecular weight is 272 g/mol. The molecule has 1 heterocycles. The van der Waals surface area contributed by atoms with E-state index in [4.69, 9.17) is 5.26 Å². The third kappa shape index (κ3) is 2.67. The quantitative estimate of drug-likeness (QED) is 0.793. The molecule has 0 aliphatic rings. The van der Waals surface area contributed by atoms with E-state index in [1.165, 1.54) is 0 Å². The summed E-state index contributed by atoms with van der Waals surface area (Å²) < 4.78 is 41.7. The molecule has 1 unspecified atom stereocenters. The first-order valence-electron chi connectivity index (χ1n) is 5.35. The van der Waals surface area contributed by atoms with E-state index in [0.29, 0.717) is 0 Å². The van der Waals surface area contributed by atoms with Crippen LogP contribution in [0, 0.1) is 11.3 Å². The van der Waals surface area contributed by atoms with Crippen molar-refractivity contribution in [3.63, 3.8) is 0 Å². The predicted octanol–water partition coefficient (Wildman–Crippen LogP) is 2.44. The van der Waals surface area contributed by atoms with Crippen LogP contribution in [-0.4, -0.2) is 18.1 Å². The van der Waals surface area contributed by atoms with E-state index in [1.54, 1.807) is 13.0 Å². The fourth-order valence-corrected chi connectivity index (χ4v) is 1.64. The molecule has 4 nitrogen and oxygen atoms in total. The Morgan fingerprint density at radius 2 is 2.11 bits per heavy atom. The lowest BCUT2D eigenvalue weighted by Gasteiger charge is -2.22. The topological polar surface area (TPSA) is 63.0 Å². The smallest absolute Gasteiger partial charge is 0.433 e. The summed E-state index contributed by atoms with van der Waals surface area (Å²) in [6.45, 7) is 1.57. The maximum absolute atomic E-state index is 12.4. The van der Waals surface area contributed by atoms with Gasteiger partial charge in [0.1, 0.15) is 5.69 Å². The number of carbonyl (C=O) groups is 1. The van der Waals surface area contributed by atoms with Gasteiger partial charge < -0.3 is 4.74 Å². The van der Waals surface area contributed by atoms with Crippen LogP contribution in [0.5, 0.6) is 0 Å². The second-order valence-electron chi connectivity index (χ2n) is 3.79. The van der Waals surface area contributed by atoms with Crippen molar-refractivity contribution in [3.8, 4) is 6.07 Å². The van der Waals surface area contributed by atoms with Crippen LogP contribution in [0.3, 0.4) is 0 Å². The summed E-state index contributed by atoms with van der Waals surface area (Å²) in [5.41, 5.74) is -2.63. The number of methoxy groups -OCH3 is 1. The Hall–Kier alpha value is -2.10. The van der Waals surface area contributed by atoms with E-state index >= 15 is 0 Å². The first-order chi connectivity index (χ1) is 8.81. The van der Waals surface area contributed by atoms with E-state index in [9.17, 15) is 18.0 Å². The minimum absolute atomic E-state index is 0.0726. The zero-order valence-corrected chi connectivity index (χ0v) is 10.3. The lowest BCUT2D eigenvalue weighted by atomic mass is 9.80. The minimum atomic E-state index is -4.56. The van der Waals surface area contributed by atoms with Gasteiger partial charge in [-0.05, 0) is 12.5 Å². The molecule has 102 valence electrons. The molecule has 19 heavy (non-hydrogen) atoms. The van der Waals surface area contributed by atoms with Gasteiger partial charge in [0.2, 0.25) is 0 Å². The summed E-state index contributed by atoms with van der Waals surface area (Å²) in [6, 6.07) is 3.60. The molecular weight excluding hydrogens is 261 g/mol. The van der Waals surface area contributed by atoms with Crippen LogP contribution in [0.4, 0.5) is 13.2 Å². The molecule has 7 heteroatoms. The lowest BCUT2D eigenvalue weighted by molar-refractivity contribution is -0.145. The second kappa shape index (κ2) is 5.26. The number of hydrogen-bond donors (Lipinski definition) is 0. The van der Waals surface area contributed by atoms with Crippen LogP contribution in [0.25, 0.3) is 0 Å². The molecule has 0 saturated heterocycles. The Morgan fingerprint density at radius 3 is 2.42 bits per heavy atom. The number of rotatable bonds is 3. The zero-order valence-electron chi connectivity index (χ0n) is 10.3. The molecule has 1 aromatic heterocycles. The van der Waals surface area contributed by atoms with Crippen LogP contribution in [0.1, 0.15) is 24.6 Å². The normalized spacial score (nSPS) is 14.3. The lowest BCUT2D eigenvalue weighted by Crippen LogP contribution is -2.35. The number of carbonyl (C=O) groups excluding carboxylic acids is 1. The summed E-state index contributed by atoms with van der Waals surface area (Å²) in [4.78, 5) is 14.9. The summed E-state index contributed by atoms with van der Waals surface area (Å²) in [5, 5.41) is 9.16. The highest BCUT2D eigenvalue weighted by atomic mass is 19.4. The Balaban J connectivity index is 3.28. The van der Waals surface area contributed by atoms with Crippen LogP contribution in [0.15, 0.2) is 18.3 Å². The molecule has 1 aromatic rings. The van der Waals surface area contributed by atoms with Crippen LogP contribution in [-0.2, 0) is 21.1 Å². The number of esters is 1. The zero-order chi connectivity index (χ0) is 14.7. The van der Waals surface area contributed by atoms with Crippen molar-refractivity contribution in [1.29, 1.82) is 5.26 Å². The first kappa shape index (κ1) is 15.0. The number of nitrogens with zero attached hydrogens (tertiary/aromatic N) is 2. The highest BCUT2D eigenvalue weighted by Crippen LogP contribution is 2.32. The van der Waals surface area contributed by atoms with Crippen molar-refractivity contribution >= 4 is 5.97 Å². The fourth-order valence-electron chi connectivity index (χ4n) is 1.64. The molecule has 0 saturated carbocycles. The molecular formula is C12H11F3N2O2. The largest absolute Gasteiger partial charge is 0.468 e. The number of pyridine rings is 1. The van der Waals surface area contributed by atoms with Crippen molar-refractivity contribution in [2.45, 2.75) is 24.9 Å². The Labute approximate surface area is 107 Å². The Kier molecular flexibility index (Phi) is 4.14. The minimum Gasteiger partial charge on any atom is -0.468 e. The summed E-state index contributed by atoms with van der Waals surface area (Å²) in [5.74, 6) is -0.820. The van der Waals surface area contributed by atoms with Gasteiger partial charge >= 0.3 is 12.1 Å². The molecule has 1 rings (SSSR count). The second-order valence-corrected chi connectivity index (χ2v) is 3.79. The number of nitriles is 1. The first-order valence-corrected chi connectivity index (χ1v) is 5.35. The average Bonchev–Trinajstić information content (AvgIpc) is 2.40. The number of ether oxygens (including phenoxy) is 1. The maximum Gasteiger partial charge on any atom is 0.433 e. The van der Waals surface area contributed by atoms with E-state index < -0.39 is 23.3 Å². The Morgan fingerprint density at radius 1 is 1.47 bits per heavy atom. The number of hydrogen-bond acceptors (Lipinski definition) is 4. The monoisotopic (exact) mass is 272 g/mol. The maximum atomic E-state index is 12.4. The molecule has 0 amide bonds. The standard InChI is InChI=1S/C12H11F3N2O2/c1-3-11(7-16,10(18)19-2)8-4-5-9(17-6-8)12(13,14)15/h4-6H,3H2,1-2H3. The van der Waals surface area contributed by atoms with Gasteiger partial charge in [-0.2, -0.15) is 18.4 Å². The molecule has 0 aliphatic carbocycles. The molecule has 0 radical (unpaired) electrons. The van der Waals surface area contributed by atoms with Gasteiger partial charge in [-0.1, -0.05) is 13.0 Å². The van der Waals surface area contributed by atoms with Crippen molar-refractivity contribution in [3.05, 3.63) is 29.6 Å². The third-order valence-corrected chi connectivity index (χ3v) is 2.80. The van der Waals surface area contributed by atoms with Gasteiger partial charge in [0, 0.05) is 11.8 Å². The molecule has 1 atom stereocenters. The van der Waals surface area contributed by atoms with Crippen LogP contribution in [0.2, 0.25) is 0 Å². The van der Waals surface area contributed by atoms with Crippen LogP contribution < -0.4 is 0 Å².